The van der Waals surface area contributed by atoms with Gasteiger partial charge < -0.3 is 4.74 Å². The van der Waals surface area contributed by atoms with Gasteiger partial charge in [0.25, 0.3) is 0 Å². The van der Waals surface area contributed by atoms with Gasteiger partial charge in [0.2, 0.25) is 0 Å². The summed E-state index contributed by atoms with van der Waals surface area (Å²) in [6.07, 6.45) is 8.32. The van der Waals surface area contributed by atoms with E-state index in [0.717, 1.165) is 18.3 Å². The van der Waals surface area contributed by atoms with Crippen molar-refractivity contribution in [3.63, 3.8) is 0 Å². The van der Waals surface area contributed by atoms with Gasteiger partial charge in [-0.3, -0.25) is 4.79 Å². The minimum absolute atomic E-state index is 0.0417. The summed E-state index contributed by atoms with van der Waals surface area (Å²) in [5, 5.41) is 0. The van der Waals surface area contributed by atoms with Gasteiger partial charge in [-0.25, -0.2) is 0 Å². The molecule has 0 spiro atoms. The molecule has 0 fully saturated rings. The first kappa shape index (κ1) is 18.5. The largest absolute Gasteiger partial charge is 0.466 e. The van der Waals surface area contributed by atoms with Crippen LogP contribution in [-0.2, 0) is 9.53 Å². The number of hydrogen-bond donors (Lipinski definition) is 0. The molecule has 0 unspecified atom stereocenters. The van der Waals surface area contributed by atoms with Crippen molar-refractivity contribution < 1.29 is 9.53 Å². The van der Waals surface area contributed by atoms with Crippen molar-refractivity contribution in [2.24, 2.45) is 17.8 Å². The predicted molar refractivity (Wildman–Crippen MR) is 82.1 cm³/mol. The molecule has 0 saturated heterocycles. The van der Waals surface area contributed by atoms with E-state index in [2.05, 4.69) is 27.7 Å². The molecule has 0 saturated carbocycles. The lowest BCUT2D eigenvalue weighted by atomic mass is 9.93. The van der Waals surface area contributed by atoms with Gasteiger partial charge in [-0.1, -0.05) is 66.2 Å². The summed E-state index contributed by atoms with van der Waals surface area (Å²) in [6, 6.07) is 0. The van der Waals surface area contributed by atoms with E-state index < -0.39 is 0 Å². The molecule has 114 valence electrons. The van der Waals surface area contributed by atoms with Crippen LogP contribution in [0.2, 0.25) is 0 Å². The second-order valence-corrected chi connectivity index (χ2v) is 6.48. The standard InChI is InChI=1S/C17H34O2/c1-6-19-17(18)13-16(5)12-8-11-15(4)10-7-9-14(2)3/h14-16H,6-13H2,1-5H3/t15-,16-/m0/s1. The van der Waals surface area contributed by atoms with E-state index in [1.54, 1.807) is 0 Å². The Morgan fingerprint density at radius 2 is 1.42 bits per heavy atom. The lowest BCUT2D eigenvalue weighted by Gasteiger charge is -2.14. The summed E-state index contributed by atoms with van der Waals surface area (Å²) in [7, 11) is 0. The topological polar surface area (TPSA) is 26.3 Å². The Kier molecular flexibility index (Phi) is 11.0. The molecule has 0 bridgehead atoms. The fourth-order valence-corrected chi connectivity index (χ4v) is 2.44. The second-order valence-electron chi connectivity index (χ2n) is 6.48. The van der Waals surface area contributed by atoms with Crippen LogP contribution in [0.3, 0.4) is 0 Å². The van der Waals surface area contributed by atoms with Crippen LogP contribution in [0, 0.1) is 17.8 Å². The van der Waals surface area contributed by atoms with Crippen LogP contribution in [-0.4, -0.2) is 12.6 Å². The molecule has 19 heavy (non-hydrogen) atoms. The van der Waals surface area contributed by atoms with E-state index in [4.69, 9.17) is 4.74 Å². The van der Waals surface area contributed by atoms with Crippen LogP contribution in [0.1, 0.15) is 79.6 Å². The van der Waals surface area contributed by atoms with E-state index >= 15 is 0 Å². The smallest absolute Gasteiger partial charge is 0.306 e. The van der Waals surface area contributed by atoms with Gasteiger partial charge in [0.15, 0.2) is 0 Å². The molecule has 0 aromatic heterocycles. The maximum absolute atomic E-state index is 11.3. The van der Waals surface area contributed by atoms with Gasteiger partial charge in [0.05, 0.1) is 6.61 Å². The Labute approximate surface area is 120 Å². The van der Waals surface area contributed by atoms with E-state index in [1.165, 1.54) is 32.1 Å². The highest BCUT2D eigenvalue weighted by atomic mass is 16.5. The van der Waals surface area contributed by atoms with Crippen LogP contribution in [0.25, 0.3) is 0 Å². The molecule has 0 heterocycles. The van der Waals surface area contributed by atoms with Crippen LogP contribution >= 0.6 is 0 Å². The Morgan fingerprint density at radius 1 is 0.895 bits per heavy atom. The van der Waals surface area contributed by atoms with Crippen molar-refractivity contribution in [2.75, 3.05) is 6.61 Å². The van der Waals surface area contributed by atoms with Crippen molar-refractivity contribution in [3.05, 3.63) is 0 Å². The molecule has 0 aliphatic heterocycles. The van der Waals surface area contributed by atoms with Crippen molar-refractivity contribution in [1.29, 1.82) is 0 Å². The van der Waals surface area contributed by atoms with Crippen molar-refractivity contribution >= 4 is 5.97 Å². The molecule has 2 nitrogen and oxygen atoms in total. The van der Waals surface area contributed by atoms with Gasteiger partial charge in [0.1, 0.15) is 0 Å². The summed E-state index contributed by atoms with van der Waals surface area (Å²) in [5.41, 5.74) is 0. The molecule has 0 aliphatic rings. The first-order valence-electron chi connectivity index (χ1n) is 8.11. The van der Waals surface area contributed by atoms with Crippen molar-refractivity contribution in [2.45, 2.75) is 79.6 Å². The Morgan fingerprint density at radius 3 is 1.95 bits per heavy atom. The van der Waals surface area contributed by atoms with Gasteiger partial charge in [-0.15, -0.1) is 0 Å². The van der Waals surface area contributed by atoms with E-state index in [1.807, 2.05) is 6.92 Å². The minimum Gasteiger partial charge on any atom is -0.466 e. The Bertz CT molecular complexity index is 223. The zero-order valence-electron chi connectivity index (χ0n) is 13.7. The number of ether oxygens (including phenoxy) is 1. The Hall–Kier alpha value is -0.530. The summed E-state index contributed by atoms with van der Waals surface area (Å²) in [4.78, 5) is 11.3. The number of esters is 1. The zero-order valence-corrected chi connectivity index (χ0v) is 13.7. The Balaban J connectivity index is 3.52. The molecule has 0 aromatic rings. The highest BCUT2D eigenvalue weighted by Gasteiger charge is 2.10. The zero-order chi connectivity index (χ0) is 14.7. The molecular weight excluding hydrogens is 236 g/mol. The second kappa shape index (κ2) is 11.3. The lowest BCUT2D eigenvalue weighted by molar-refractivity contribution is -0.144. The quantitative estimate of drug-likeness (QED) is 0.482. The SMILES string of the molecule is CCOC(=O)C[C@@H](C)CCC[C@@H](C)CCCC(C)C. The summed E-state index contributed by atoms with van der Waals surface area (Å²) < 4.78 is 4.98. The minimum atomic E-state index is -0.0417. The normalized spacial score (nSPS) is 14.4. The van der Waals surface area contributed by atoms with E-state index in [0.29, 0.717) is 18.9 Å². The number of carbonyl (C=O) groups excluding carboxylic acids is 1. The fraction of sp³-hybridized carbons (Fsp3) is 0.941. The van der Waals surface area contributed by atoms with Crippen molar-refractivity contribution in [1.82, 2.24) is 0 Å². The molecule has 0 rings (SSSR count). The molecule has 0 amide bonds. The molecule has 0 aliphatic carbocycles. The summed E-state index contributed by atoms with van der Waals surface area (Å²) in [6.45, 7) is 11.5. The monoisotopic (exact) mass is 270 g/mol. The third kappa shape index (κ3) is 12.3. The molecule has 2 atom stereocenters. The van der Waals surface area contributed by atoms with Gasteiger partial charge in [-0.05, 0) is 24.7 Å². The average molecular weight is 270 g/mol. The van der Waals surface area contributed by atoms with Gasteiger partial charge in [-0.2, -0.15) is 0 Å². The third-order valence-corrected chi connectivity index (χ3v) is 3.69. The van der Waals surface area contributed by atoms with Gasteiger partial charge in [0, 0.05) is 6.42 Å². The maximum atomic E-state index is 11.3. The first-order chi connectivity index (χ1) is 8.95. The number of rotatable bonds is 11. The van der Waals surface area contributed by atoms with Crippen LogP contribution in [0.5, 0.6) is 0 Å². The van der Waals surface area contributed by atoms with Crippen molar-refractivity contribution in [3.8, 4) is 0 Å². The maximum Gasteiger partial charge on any atom is 0.306 e. The van der Waals surface area contributed by atoms with Crippen LogP contribution in [0.15, 0.2) is 0 Å². The first-order valence-corrected chi connectivity index (χ1v) is 8.11. The summed E-state index contributed by atoms with van der Waals surface area (Å²) in [5.74, 6) is 2.08. The fourth-order valence-electron chi connectivity index (χ4n) is 2.44. The van der Waals surface area contributed by atoms with Crippen LogP contribution < -0.4 is 0 Å². The molecule has 0 radical (unpaired) electrons. The highest BCUT2D eigenvalue weighted by molar-refractivity contribution is 5.69. The molecule has 2 heteroatoms. The van der Waals surface area contributed by atoms with E-state index in [-0.39, 0.29) is 5.97 Å². The van der Waals surface area contributed by atoms with E-state index in [9.17, 15) is 4.79 Å². The predicted octanol–water partition coefficient (Wildman–Crippen LogP) is 5.21. The highest BCUT2D eigenvalue weighted by Crippen LogP contribution is 2.20. The number of hydrogen-bond acceptors (Lipinski definition) is 2. The molecular formula is C17H34O2. The van der Waals surface area contributed by atoms with Gasteiger partial charge >= 0.3 is 5.97 Å². The molecule has 0 N–H and O–H groups in total. The number of carbonyl (C=O) groups is 1. The average Bonchev–Trinajstić information content (AvgIpc) is 2.28. The van der Waals surface area contributed by atoms with Crippen LogP contribution in [0.4, 0.5) is 0 Å². The molecule has 0 aromatic carbocycles. The third-order valence-electron chi connectivity index (χ3n) is 3.69. The summed E-state index contributed by atoms with van der Waals surface area (Å²) >= 11 is 0. The lowest BCUT2D eigenvalue weighted by Crippen LogP contribution is -2.09.